The number of benzene rings is 1. The molecule has 0 saturated heterocycles. The predicted molar refractivity (Wildman–Crippen MR) is 67.5 cm³/mol. The molecule has 0 radical (unpaired) electrons. The normalized spacial score (nSPS) is 13.8. The van der Waals surface area contributed by atoms with Gasteiger partial charge >= 0.3 is 5.97 Å². The molecule has 0 aliphatic rings. The summed E-state index contributed by atoms with van der Waals surface area (Å²) in [6.07, 6.45) is -2.99. The van der Waals surface area contributed by atoms with Gasteiger partial charge in [-0.2, -0.15) is 0 Å². The molecule has 8 heteroatoms. The maximum absolute atomic E-state index is 11.1. The van der Waals surface area contributed by atoms with Crippen molar-refractivity contribution in [3.63, 3.8) is 0 Å². The number of nitrogens with zero attached hydrogens (tertiary/aromatic N) is 1. The monoisotopic (exact) mass is 285 g/mol. The summed E-state index contributed by atoms with van der Waals surface area (Å²) in [5.41, 5.74) is -0.879. The van der Waals surface area contributed by atoms with Crippen molar-refractivity contribution in [3.05, 3.63) is 38.9 Å². The largest absolute Gasteiger partial charge is 0.478 e. The van der Waals surface area contributed by atoms with Gasteiger partial charge in [0.1, 0.15) is 6.10 Å². The van der Waals surface area contributed by atoms with Crippen LogP contribution in [-0.4, -0.2) is 44.0 Å². The highest BCUT2D eigenvalue weighted by Crippen LogP contribution is 2.29. The number of hydrogen-bond donors (Lipinski definition) is 4. The van der Waals surface area contributed by atoms with E-state index in [1.54, 1.807) is 0 Å². The molecule has 0 saturated carbocycles. The zero-order valence-electron chi connectivity index (χ0n) is 10.7. The third-order valence-electron chi connectivity index (χ3n) is 2.96. The zero-order chi connectivity index (χ0) is 15.4. The molecule has 20 heavy (non-hydrogen) atoms. The second-order valence-corrected chi connectivity index (χ2v) is 4.30. The van der Waals surface area contributed by atoms with E-state index >= 15 is 0 Å². The average molecular weight is 285 g/mol. The summed E-state index contributed by atoms with van der Waals surface area (Å²) in [4.78, 5) is 21.2. The third kappa shape index (κ3) is 3.29. The summed E-state index contributed by atoms with van der Waals surface area (Å²) in [5.74, 6) is -1.36. The predicted octanol–water partition coefficient (Wildman–Crippen LogP) is 0.378. The van der Waals surface area contributed by atoms with Crippen molar-refractivity contribution in [2.45, 2.75) is 25.6 Å². The lowest BCUT2D eigenvalue weighted by Gasteiger charge is -2.18. The van der Waals surface area contributed by atoms with Crippen LogP contribution in [0.15, 0.2) is 12.1 Å². The lowest BCUT2D eigenvalue weighted by molar-refractivity contribution is -0.385. The Morgan fingerprint density at radius 3 is 2.45 bits per heavy atom. The van der Waals surface area contributed by atoms with Crippen molar-refractivity contribution in [3.8, 4) is 0 Å². The van der Waals surface area contributed by atoms with Gasteiger partial charge in [-0.3, -0.25) is 10.1 Å². The molecule has 4 N–H and O–H groups in total. The van der Waals surface area contributed by atoms with Gasteiger partial charge in [0.25, 0.3) is 5.69 Å². The van der Waals surface area contributed by atoms with E-state index in [1.807, 2.05) is 0 Å². The average Bonchev–Trinajstić information content (AvgIpc) is 2.37. The molecule has 0 aliphatic carbocycles. The summed E-state index contributed by atoms with van der Waals surface area (Å²) < 4.78 is 0. The smallest absolute Gasteiger partial charge is 0.336 e. The Labute approximate surface area is 114 Å². The molecule has 1 aromatic rings. The number of hydrogen-bond acceptors (Lipinski definition) is 6. The van der Waals surface area contributed by atoms with Gasteiger partial charge < -0.3 is 20.4 Å². The fourth-order valence-electron chi connectivity index (χ4n) is 1.82. The van der Waals surface area contributed by atoms with Crippen LogP contribution in [0.4, 0.5) is 5.69 Å². The molecule has 2 atom stereocenters. The van der Waals surface area contributed by atoms with Gasteiger partial charge in [0.05, 0.1) is 16.6 Å². The molecular formula is C12H15NO7. The fraction of sp³-hybridized carbons (Fsp3) is 0.417. The van der Waals surface area contributed by atoms with Crippen LogP contribution in [0.3, 0.4) is 0 Å². The number of aliphatic hydroxyl groups is 3. The zero-order valence-corrected chi connectivity index (χ0v) is 10.7. The number of nitro groups is 1. The summed E-state index contributed by atoms with van der Waals surface area (Å²) >= 11 is 0. The molecule has 0 amide bonds. The molecule has 0 spiro atoms. The molecule has 0 aliphatic heterocycles. The molecule has 8 nitrogen and oxygen atoms in total. The Kier molecular flexibility index (Phi) is 5.14. The Balaban J connectivity index is 3.34. The van der Waals surface area contributed by atoms with Crippen molar-refractivity contribution in [2.24, 2.45) is 0 Å². The van der Waals surface area contributed by atoms with E-state index in [4.69, 9.17) is 10.2 Å². The molecular weight excluding hydrogens is 270 g/mol. The van der Waals surface area contributed by atoms with Gasteiger partial charge in [0.15, 0.2) is 0 Å². The van der Waals surface area contributed by atoms with E-state index in [1.165, 1.54) is 6.92 Å². The maximum Gasteiger partial charge on any atom is 0.336 e. The fourth-order valence-corrected chi connectivity index (χ4v) is 1.82. The Morgan fingerprint density at radius 1 is 1.40 bits per heavy atom. The number of nitro benzene ring substituents is 1. The van der Waals surface area contributed by atoms with E-state index < -0.39 is 28.8 Å². The van der Waals surface area contributed by atoms with Crippen LogP contribution in [0.2, 0.25) is 0 Å². The topological polar surface area (TPSA) is 141 Å². The highest BCUT2D eigenvalue weighted by atomic mass is 16.6. The SMILES string of the molecule is Cc1c(C(=O)O)cc(C(O)C(O)CCO)cc1[N+](=O)[O-]. The molecule has 0 aromatic heterocycles. The molecule has 2 unspecified atom stereocenters. The van der Waals surface area contributed by atoms with Crippen molar-refractivity contribution < 1.29 is 30.1 Å². The lowest BCUT2D eigenvalue weighted by atomic mass is 9.96. The highest BCUT2D eigenvalue weighted by molar-refractivity contribution is 5.91. The molecule has 1 rings (SSSR count). The number of carboxylic acids is 1. The molecule has 0 bridgehead atoms. The van der Waals surface area contributed by atoms with Crippen molar-refractivity contribution in [1.29, 1.82) is 0 Å². The van der Waals surface area contributed by atoms with Gasteiger partial charge in [-0.25, -0.2) is 4.79 Å². The Bertz CT molecular complexity index is 494. The van der Waals surface area contributed by atoms with Gasteiger partial charge in [0.2, 0.25) is 0 Å². The minimum absolute atomic E-state index is 0.0323. The molecule has 0 heterocycles. The highest BCUT2D eigenvalue weighted by Gasteiger charge is 2.25. The first-order valence-electron chi connectivity index (χ1n) is 5.78. The van der Waals surface area contributed by atoms with E-state index in [9.17, 15) is 25.1 Å². The minimum atomic E-state index is -1.51. The maximum atomic E-state index is 11.1. The van der Waals surface area contributed by atoms with Gasteiger partial charge in [-0.1, -0.05) is 0 Å². The lowest BCUT2D eigenvalue weighted by Crippen LogP contribution is -2.20. The van der Waals surface area contributed by atoms with Crippen LogP contribution < -0.4 is 0 Å². The quantitative estimate of drug-likeness (QED) is 0.437. The standard InChI is InChI=1S/C12H15NO7/c1-6-8(12(17)18)4-7(5-9(6)13(19)20)11(16)10(15)2-3-14/h4-5,10-11,14-16H,2-3H2,1H3,(H,17,18). The number of rotatable bonds is 6. The van der Waals surface area contributed by atoms with Gasteiger partial charge in [0, 0.05) is 18.2 Å². The first-order valence-corrected chi connectivity index (χ1v) is 5.78. The second kappa shape index (κ2) is 6.42. The summed E-state index contributed by atoms with van der Waals surface area (Å²) in [7, 11) is 0. The van der Waals surface area contributed by atoms with Crippen molar-refractivity contribution in [1.82, 2.24) is 0 Å². The Hall–Kier alpha value is -2.03. The van der Waals surface area contributed by atoms with Crippen molar-refractivity contribution in [2.75, 3.05) is 6.61 Å². The van der Waals surface area contributed by atoms with Crippen LogP contribution in [0.5, 0.6) is 0 Å². The first-order chi connectivity index (χ1) is 9.29. The van der Waals surface area contributed by atoms with Crippen LogP contribution in [0.25, 0.3) is 0 Å². The van der Waals surface area contributed by atoms with Crippen molar-refractivity contribution >= 4 is 11.7 Å². The molecule has 0 fully saturated rings. The van der Waals surface area contributed by atoms with Crippen LogP contribution in [-0.2, 0) is 0 Å². The van der Waals surface area contributed by atoms with E-state index in [-0.39, 0.29) is 29.7 Å². The van der Waals surface area contributed by atoms with E-state index in [0.29, 0.717) is 0 Å². The van der Waals surface area contributed by atoms with Crippen LogP contribution in [0, 0.1) is 17.0 Å². The molecule has 1 aromatic carbocycles. The number of aromatic carboxylic acids is 1. The van der Waals surface area contributed by atoms with E-state index in [2.05, 4.69) is 0 Å². The number of carboxylic acid groups (broad SMARTS) is 1. The minimum Gasteiger partial charge on any atom is -0.478 e. The first kappa shape index (κ1) is 16.0. The number of carbonyl (C=O) groups is 1. The van der Waals surface area contributed by atoms with Gasteiger partial charge in [-0.15, -0.1) is 0 Å². The summed E-state index contributed by atoms with van der Waals surface area (Å²) in [6, 6.07) is 2.10. The van der Waals surface area contributed by atoms with Crippen LogP contribution >= 0.6 is 0 Å². The van der Waals surface area contributed by atoms with E-state index in [0.717, 1.165) is 12.1 Å². The van der Waals surface area contributed by atoms with Crippen LogP contribution in [0.1, 0.15) is 34.0 Å². The second-order valence-electron chi connectivity index (χ2n) is 4.30. The molecule has 110 valence electrons. The van der Waals surface area contributed by atoms with Gasteiger partial charge in [-0.05, 0) is 25.0 Å². The third-order valence-corrected chi connectivity index (χ3v) is 2.96. The number of aliphatic hydroxyl groups excluding tert-OH is 3. The summed E-state index contributed by atoms with van der Waals surface area (Å²) in [6.45, 7) is 0.917. The summed E-state index contributed by atoms with van der Waals surface area (Å²) in [5, 5.41) is 48.0. The Morgan fingerprint density at radius 2 is 2.00 bits per heavy atom.